The number of pyridine rings is 1. The quantitative estimate of drug-likeness (QED) is 0.599. The number of carbonyl (C=O) groups is 1. The minimum atomic E-state index is -3.91. The number of hydrogen-bond acceptors (Lipinski definition) is 7. The molecule has 32 heavy (non-hydrogen) atoms. The van der Waals surface area contributed by atoms with Crippen LogP contribution in [0.1, 0.15) is 43.8 Å². The van der Waals surface area contributed by atoms with E-state index in [2.05, 4.69) is 19.9 Å². The molecule has 2 aliphatic rings. The van der Waals surface area contributed by atoms with Gasteiger partial charge in [0.25, 0.3) is 6.43 Å². The summed E-state index contributed by atoms with van der Waals surface area (Å²) in [5.41, 5.74) is 1.01. The van der Waals surface area contributed by atoms with E-state index >= 15 is 0 Å². The number of carbonyl (C=O) groups excluding carboxylic acids is 1. The van der Waals surface area contributed by atoms with Crippen molar-refractivity contribution in [1.29, 1.82) is 0 Å². The van der Waals surface area contributed by atoms with Gasteiger partial charge < -0.3 is 4.90 Å². The highest BCUT2D eigenvalue weighted by atomic mass is 32.2. The molecule has 4 heterocycles. The molecule has 0 bridgehead atoms. The molecule has 0 saturated heterocycles. The number of rotatable bonds is 5. The highest BCUT2D eigenvalue weighted by Crippen LogP contribution is 2.39. The Kier molecular flexibility index (Phi) is 4.66. The molecule has 0 aromatic carbocycles. The molecule has 1 saturated carbocycles. The number of imidazole rings is 1. The van der Waals surface area contributed by atoms with Crippen molar-refractivity contribution in [3.8, 4) is 10.8 Å². The fourth-order valence-corrected chi connectivity index (χ4v) is 6.02. The predicted octanol–water partition coefficient (Wildman–Crippen LogP) is 2.78. The van der Waals surface area contributed by atoms with Crippen LogP contribution in [-0.2, 0) is 21.2 Å². The second-order valence-corrected chi connectivity index (χ2v) is 11.3. The van der Waals surface area contributed by atoms with E-state index in [4.69, 9.17) is 0 Å². The Bertz CT molecular complexity index is 1360. The van der Waals surface area contributed by atoms with Crippen molar-refractivity contribution in [3.05, 3.63) is 23.0 Å². The Morgan fingerprint density at radius 1 is 1.31 bits per heavy atom. The lowest BCUT2D eigenvalue weighted by Crippen LogP contribution is -2.35. The van der Waals surface area contributed by atoms with Crippen molar-refractivity contribution in [3.63, 3.8) is 0 Å². The van der Waals surface area contributed by atoms with Crippen molar-refractivity contribution < 1.29 is 22.0 Å². The third-order valence-electron chi connectivity index (χ3n) is 5.88. The van der Waals surface area contributed by atoms with Gasteiger partial charge in [-0.15, -0.1) is 10.2 Å². The molecule has 1 aliphatic heterocycles. The van der Waals surface area contributed by atoms with Crippen molar-refractivity contribution in [2.75, 3.05) is 11.9 Å². The van der Waals surface area contributed by atoms with Gasteiger partial charge in [-0.3, -0.25) is 9.20 Å². The summed E-state index contributed by atoms with van der Waals surface area (Å²) in [7, 11) is -2.32. The number of sulfonamides is 1. The van der Waals surface area contributed by atoms with Gasteiger partial charge in [-0.25, -0.2) is 26.9 Å². The van der Waals surface area contributed by atoms with Crippen molar-refractivity contribution >= 4 is 38.5 Å². The van der Waals surface area contributed by atoms with E-state index in [-0.39, 0.29) is 21.6 Å². The number of hydrogen-bond donors (Lipinski definition) is 1. The first kappa shape index (κ1) is 21.3. The number of amides is 1. The van der Waals surface area contributed by atoms with Gasteiger partial charge in [0.15, 0.2) is 15.8 Å². The molecule has 5 rings (SSSR count). The van der Waals surface area contributed by atoms with E-state index in [0.29, 0.717) is 34.7 Å². The molecule has 0 radical (unpaired) electrons. The lowest BCUT2D eigenvalue weighted by atomic mass is 10.1. The molecule has 1 atom stereocenters. The monoisotopic (exact) mass is 482 g/mol. The third kappa shape index (κ3) is 3.39. The summed E-state index contributed by atoms with van der Waals surface area (Å²) < 4.78 is 56.7. The van der Waals surface area contributed by atoms with Crippen LogP contribution in [0.2, 0.25) is 0 Å². The van der Waals surface area contributed by atoms with Crippen molar-refractivity contribution in [1.82, 2.24) is 24.3 Å². The molecular formula is C19H20F2N6O3S2. The molecule has 9 nitrogen and oxygen atoms in total. The topological polar surface area (TPSA) is 110 Å². The average molecular weight is 483 g/mol. The lowest BCUT2D eigenvalue weighted by Gasteiger charge is -2.21. The van der Waals surface area contributed by atoms with Crippen LogP contribution in [0.5, 0.6) is 0 Å². The summed E-state index contributed by atoms with van der Waals surface area (Å²) in [6.07, 6.45) is 0.418. The summed E-state index contributed by atoms with van der Waals surface area (Å²) in [5, 5.41) is 7.08. The van der Waals surface area contributed by atoms with Gasteiger partial charge in [-0.1, -0.05) is 18.3 Å². The molecule has 1 aliphatic carbocycles. The van der Waals surface area contributed by atoms with Crippen LogP contribution in [0.3, 0.4) is 0 Å². The van der Waals surface area contributed by atoms with Crippen molar-refractivity contribution in [2.45, 2.75) is 50.0 Å². The predicted molar refractivity (Wildman–Crippen MR) is 113 cm³/mol. The minimum absolute atomic E-state index is 0.0499. The molecule has 3 aromatic rings. The standard InChI is InChI=1S/C19H20F2N6O3S2/c1-9-6-11-13-12(26(3)18(9)28)7-10(32(29,30)25-19(2)4-5-19)8-27(13)15(22-11)17-24-23-16(31-17)14(20)21/h7-9,14,25H,4-6H2,1-3H3/t9-/m0/s1. The number of nitrogens with one attached hydrogen (secondary N) is 1. The summed E-state index contributed by atoms with van der Waals surface area (Å²) >= 11 is 0.699. The van der Waals surface area contributed by atoms with Gasteiger partial charge in [0.1, 0.15) is 4.90 Å². The number of nitrogens with zero attached hydrogens (tertiary/aromatic N) is 5. The Morgan fingerprint density at radius 2 is 2.03 bits per heavy atom. The molecule has 3 aromatic heterocycles. The maximum Gasteiger partial charge on any atom is 0.291 e. The smallest absolute Gasteiger partial charge is 0.291 e. The molecular weight excluding hydrogens is 462 g/mol. The van der Waals surface area contributed by atoms with E-state index in [1.807, 2.05) is 6.92 Å². The maximum atomic E-state index is 13.1. The first-order valence-corrected chi connectivity index (χ1v) is 12.3. The molecule has 1 fully saturated rings. The minimum Gasteiger partial charge on any atom is -0.313 e. The molecule has 13 heteroatoms. The van der Waals surface area contributed by atoms with Crippen LogP contribution in [0.15, 0.2) is 17.2 Å². The Balaban J connectivity index is 1.76. The zero-order chi connectivity index (χ0) is 23.0. The number of aromatic nitrogens is 4. The van der Waals surface area contributed by atoms with Crippen LogP contribution >= 0.6 is 11.3 Å². The second kappa shape index (κ2) is 6.99. The fraction of sp³-hybridized carbons (Fsp3) is 0.474. The summed E-state index contributed by atoms with van der Waals surface area (Å²) in [5.74, 6) is -0.349. The van der Waals surface area contributed by atoms with Gasteiger partial charge in [-0.2, -0.15) is 0 Å². The van der Waals surface area contributed by atoms with Gasteiger partial charge >= 0.3 is 0 Å². The first-order valence-electron chi connectivity index (χ1n) is 9.97. The highest BCUT2D eigenvalue weighted by molar-refractivity contribution is 7.89. The van der Waals surface area contributed by atoms with E-state index in [0.717, 1.165) is 12.8 Å². The van der Waals surface area contributed by atoms with Gasteiger partial charge in [0.05, 0.1) is 16.9 Å². The Hall–Kier alpha value is -2.51. The summed E-state index contributed by atoms with van der Waals surface area (Å²) in [6.45, 7) is 3.59. The molecule has 1 amide bonds. The van der Waals surface area contributed by atoms with Crippen LogP contribution in [0, 0.1) is 5.92 Å². The first-order chi connectivity index (χ1) is 15.0. The van der Waals surface area contributed by atoms with Crippen LogP contribution < -0.4 is 9.62 Å². The summed E-state index contributed by atoms with van der Waals surface area (Å²) in [4.78, 5) is 18.8. The number of anilines is 1. The maximum absolute atomic E-state index is 13.1. The molecule has 0 unspecified atom stereocenters. The SMILES string of the molecule is C[C@H]1Cc2nc(-c3nnc(C(F)F)s3)n3cc(S(=O)(=O)NC4(C)CC4)cc(c23)N(C)C1=O. The zero-order valence-electron chi connectivity index (χ0n) is 17.5. The van der Waals surface area contributed by atoms with Crippen LogP contribution in [-0.4, -0.2) is 46.5 Å². The molecule has 1 N–H and O–H groups in total. The van der Waals surface area contributed by atoms with Crippen LogP contribution in [0.25, 0.3) is 16.3 Å². The Morgan fingerprint density at radius 3 is 2.66 bits per heavy atom. The number of alkyl halides is 2. The van der Waals surface area contributed by atoms with E-state index in [9.17, 15) is 22.0 Å². The normalized spacial score (nSPS) is 20.2. The van der Waals surface area contributed by atoms with Gasteiger partial charge in [0, 0.05) is 31.1 Å². The average Bonchev–Trinajstić information content (AvgIpc) is 3.15. The molecule has 170 valence electrons. The Labute approximate surface area is 186 Å². The van der Waals surface area contributed by atoms with Gasteiger partial charge in [0.2, 0.25) is 15.9 Å². The van der Waals surface area contributed by atoms with Crippen molar-refractivity contribution in [2.24, 2.45) is 5.92 Å². The zero-order valence-corrected chi connectivity index (χ0v) is 19.1. The van der Waals surface area contributed by atoms with E-state index in [1.54, 1.807) is 14.0 Å². The summed E-state index contributed by atoms with van der Waals surface area (Å²) in [6, 6.07) is 1.46. The highest BCUT2D eigenvalue weighted by Gasteiger charge is 2.42. The fourth-order valence-electron chi connectivity index (χ4n) is 3.85. The third-order valence-corrected chi connectivity index (χ3v) is 8.42. The largest absolute Gasteiger partial charge is 0.313 e. The van der Waals surface area contributed by atoms with Gasteiger partial charge in [-0.05, 0) is 25.8 Å². The van der Waals surface area contributed by atoms with E-state index in [1.165, 1.54) is 21.6 Å². The van der Waals surface area contributed by atoms with Crippen LogP contribution in [0.4, 0.5) is 14.5 Å². The van der Waals surface area contributed by atoms with E-state index < -0.39 is 32.9 Å². The second-order valence-electron chi connectivity index (χ2n) is 8.58. The lowest BCUT2D eigenvalue weighted by molar-refractivity contribution is -0.121. The molecule has 0 spiro atoms. The number of halogens is 2.